The molecule has 1 unspecified atom stereocenters. The van der Waals surface area contributed by atoms with Crippen molar-refractivity contribution in [2.75, 3.05) is 0 Å². The predicted octanol–water partition coefficient (Wildman–Crippen LogP) is 5.28. The summed E-state index contributed by atoms with van der Waals surface area (Å²) in [7, 11) is 0. The molecule has 0 bridgehead atoms. The fourth-order valence-electron chi connectivity index (χ4n) is 3.53. The number of pyridine rings is 1. The molecule has 1 aromatic carbocycles. The first-order valence-electron chi connectivity index (χ1n) is 10.6. The van der Waals surface area contributed by atoms with Crippen LogP contribution in [-0.4, -0.2) is 32.3 Å². The SMILES string of the molecule is CC(NC(=O)c1cc(C(F)(F)F)cc(C(F)(F)C2CC2)c1)c1ncnn1-c1ccc(OC(F)F)cn1. The summed E-state index contributed by atoms with van der Waals surface area (Å²) in [6, 6.07) is 3.16. The molecule has 2 aromatic heterocycles. The third-order valence-electron chi connectivity index (χ3n) is 5.47. The Kier molecular flexibility index (Phi) is 6.62. The molecule has 1 aliphatic rings. The van der Waals surface area contributed by atoms with Crippen molar-refractivity contribution in [2.24, 2.45) is 5.92 Å². The third-order valence-corrected chi connectivity index (χ3v) is 5.47. The number of ether oxygens (including phenoxy) is 1. The van der Waals surface area contributed by atoms with Crippen molar-refractivity contribution >= 4 is 5.91 Å². The summed E-state index contributed by atoms with van der Waals surface area (Å²) in [5, 5.41) is 6.37. The lowest BCUT2D eigenvalue weighted by Gasteiger charge is -2.20. The minimum Gasteiger partial charge on any atom is -0.433 e. The van der Waals surface area contributed by atoms with Gasteiger partial charge < -0.3 is 10.1 Å². The van der Waals surface area contributed by atoms with Crippen LogP contribution in [0.3, 0.4) is 0 Å². The standard InChI is InChI=1S/C22H18F7N5O2/c1-11(18-31-10-32-34(18)17-5-4-16(9-30-17)36-20(23)24)33-19(35)12-6-14(21(25,26)13-2-3-13)8-15(7-12)22(27,28)29/h4-11,13,20H,2-3H2,1H3,(H,33,35). The van der Waals surface area contributed by atoms with Crippen LogP contribution in [-0.2, 0) is 12.1 Å². The molecule has 2 heterocycles. The highest BCUT2D eigenvalue weighted by Crippen LogP contribution is 2.50. The smallest absolute Gasteiger partial charge is 0.416 e. The van der Waals surface area contributed by atoms with Gasteiger partial charge in [-0.05, 0) is 50.1 Å². The number of aromatic nitrogens is 4. The van der Waals surface area contributed by atoms with Crippen molar-refractivity contribution < 1.29 is 40.3 Å². The number of nitrogens with zero attached hydrogens (tertiary/aromatic N) is 4. The highest BCUT2D eigenvalue weighted by molar-refractivity contribution is 5.95. The molecule has 4 rings (SSSR count). The summed E-state index contributed by atoms with van der Waals surface area (Å²) < 4.78 is 99.4. The molecular formula is C22H18F7N5O2. The van der Waals surface area contributed by atoms with Gasteiger partial charge in [-0.1, -0.05) is 0 Å². The number of halogens is 7. The Labute approximate surface area is 199 Å². The van der Waals surface area contributed by atoms with Gasteiger partial charge >= 0.3 is 12.8 Å². The topological polar surface area (TPSA) is 81.9 Å². The van der Waals surface area contributed by atoms with Crippen molar-refractivity contribution in [3.63, 3.8) is 0 Å². The van der Waals surface area contributed by atoms with Crippen LogP contribution in [0.4, 0.5) is 30.7 Å². The average Bonchev–Trinajstić information content (AvgIpc) is 3.56. The minimum atomic E-state index is -4.94. The fourth-order valence-corrected chi connectivity index (χ4v) is 3.53. The van der Waals surface area contributed by atoms with Gasteiger partial charge in [-0.25, -0.2) is 18.7 Å². The fraction of sp³-hybridized carbons (Fsp3) is 0.364. The van der Waals surface area contributed by atoms with Crippen LogP contribution in [0, 0.1) is 5.92 Å². The lowest BCUT2D eigenvalue weighted by Crippen LogP contribution is -2.29. The van der Waals surface area contributed by atoms with Crippen LogP contribution in [0.5, 0.6) is 5.75 Å². The van der Waals surface area contributed by atoms with Gasteiger partial charge in [-0.2, -0.15) is 31.7 Å². The van der Waals surface area contributed by atoms with Crippen molar-refractivity contribution in [1.29, 1.82) is 0 Å². The van der Waals surface area contributed by atoms with Crippen LogP contribution in [0.25, 0.3) is 5.82 Å². The van der Waals surface area contributed by atoms with E-state index in [9.17, 15) is 35.5 Å². The molecule has 1 amide bonds. The van der Waals surface area contributed by atoms with Gasteiger partial charge in [0.2, 0.25) is 0 Å². The van der Waals surface area contributed by atoms with Crippen LogP contribution in [0.15, 0.2) is 42.9 Å². The Morgan fingerprint density at radius 3 is 2.36 bits per heavy atom. The minimum absolute atomic E-state index is 0.0916. The van der Waals surface area contributed by atoms with Crippen LogP contribution < -0.4 is 10.1 Å². The molecule has 192 valence electrons. The van der Waals surface area contributed by atoms with E-state index in [1.807, 2.05) is 0 Å². The number of nitrogens with one attached hydrogen (secondary N) is 1. The van der Waals surface area contributed by atoms with Gasteiger partial charge in [0.1, 0.15) is 12.1 Å². The van der Waals surface area contributed by atoms with E-state index in [2.05, 4.69) is 25.1 Å². The molecule has 0 aliphatic heterocycles. The normalized spacial score (nSPS) is 15.1. The molecule has 1 N–H and O–H groups in total. The number of hydrogen-bond donors (Lipinski definition) is 1. The van der Waals surface area contributed by atoms with Gasteiger partial charge in [0, 0.05) is 17.0 Å². The van der Waals surface area contributed by atoms with E-state index in [1.165, 1.54) is 19.1 Å². The molecule has 1 fully saturated rings. The molecule has 0 saturated heterocycles. The Hall–Kier alpha value is -3.71. The Bertz CT molecular complexity index is 1240. The second-order valence-corrected chi connectivity index (χ2v) is 8.15. The second-order valence-electron chi connectivity index (χ2n) is 8.15. The van der Waals surface area contributed by atoms with Gasteiger partial charge in [0.05, 0.1) is 17.8 Å². The molecule has 0 spiro atoms. The van der Waals surface area contributed by atoms with E-state index in [0.29, 0.717) is 12.1 Å². The van der Waals surface area contributed by atoms with Crippen LogP contribution >= 0.6 is 0 Å². The lowest BCUT2D eigenvalue weighted by atomic mass is 9.97. The zero-order valence-corrected chi connectivity index (χ0v) is 18.4. The number of carbonyl (C=O) groups is 1. The van der Waals surface area contributed by atoms with E-state index < -0.39 is 53.3 Å². The molecule has 14 heteroatoms. The molecular weight excluding hydrogens is 499 g/mol. The molecule has 1 saturated carbocycles. The first-order chi connectivity index (χ1) is 16.9. The highest BCUT2D eigenvalue weighted by Gasteiger charge is 2.49. The van der Waals surface area contributed by atoms with Crippen molar-refractivity contribution in [3.05, 3.63) is 65.4 Å². The van der Waals surface area contributed by atoms with E-state index in [4.69, 9.17) is 0 Å². The lowest BCUT2D eigenvalue weighted by molar-refractivity contribution is -0.137. The van der Waals surface area contributed by atoms with E-state index >= 15 is 0 Å². The number of hydrogen-bond acceptors (Lipinski definition) is 5. The monoisotopic (exact) mass is 517 g/mol. The molecule has 36 heavy (non-hydrogen) atoms. The summed E-state index contributed by atoms with van der Waals surface area (Å²) in [4.78, 5) is 20.7. The zero-order valence-electron chi connectivity index (χ0n) is 18.4. The summed E-state index contributed by atoms with van der Waals surface area (Å²) in [6.45, 7) is -1.60. The van der Waals surface area contributed by atoms with Gasteiger partial charge in [0.15, 0.2) is 11.6 Å². The predicted molar refractivity (Wildman–Crippen MR) is 110 cm³/mol. The van der Waals surface area contributed by atoms with Gasteiger partial charge in [0.25, 0.3) is 11.8 Å². The molecule has 3 aromatic rings. The number of alkyl halides is 7. The summed E-state index contributed by atoms with van der Waals surface area (Å²) in [5.74, 6) is -5.61. The highest BCUT2D eigenvalue weighted by atomic mass is 19.4. The Morgan fingerprint density at radius 1 is 1.08 bits per heavy atom. The third kappa shape index (κ3) is 5.41. The maximum absolute atomic E-state index is 14.6. The Morgan fingerprint density at radius 2 is 1.78 bits per heavy atom. The van der Waals surface area contributed by atoms with Crippen LogP contribution in [0.2, 0.25) is 0 Å². The van der Waals surface area contributed by atoms with Crippen molar-refractivity contribution in [2.45, 2.75) is 44.5 Å². The maximum Gasteiger partial charge on any atom is 0.416 e. The average molecular weight is 517 g/mol. The van der Waals surface area contributed by atoms with Crippen molar-refractivity contribution in [3.8, 4) is 11.6 Å². The number of amides is 1. The number of carbonyl (C=O) groups excluding carboxylic acids is 1. The summed E-state index contributed by atoms with van der Waals surface area (Å²) in [5.41, 5.74) is -2.84. The van der Waals surface area contributed by atoms with Crippen molar-refractivity contribution in [1.82, 2.24) is 25.1 Å². The zero-order chi connectivity index (χ0) is 26.3. The van der Waals surface area contributed by atoms with Gasteiger partial charge in [-0.3, -0.25) is 4.79 Å². The largest absolute Gasteiger partial charge is 0.433 e. The number of benzene rings is 1. The molecule has 1 atom stereocenters. The first kappa shape index (κ1) is 25.4. The Balaban J connectivity index is 1.58. The maximum atomic E-state index is 14.6. The van der Waals surface area contributed by atoms with E-state index in [0.717, 1.165) is 23.3 Å². The van der Waals surface area contributed by atoms with E-state index in [-0.39, 0.29) is 30.2 Å². The quantitative estimate of drug-likeness (QED) is 0.412. The van der Waals surface area contributed by atoms with Gasteiger partial charge in [-0.15, -0.1) is 0 Å². The summed E-state index contributed by atoms with van der Waals surface area (Å²) >= 11 is 0. The molecule has 0 radical (unpaired) electrons. The number of rotatable bonds is 8. The first-order valence-corrected chi connectivity index (χ1v) is 10.6. The molecule has 7 nitrogen and oxygen atoms in total. The second kappa shape index (κ2) is 9.39. The summed E-state index contributed by atoms with van der Waals surface area (Å²) in [6.07, 6.45) is -2.45. The molecule has 1 aliphatic carbocycles. The van der Waals surface area contributed by atoms with E-state index in [1.54, 1.807) is 0 Å². The van der Waals surface area contributed by atoms with Crippen LogP contribution in [0.1, 0.15) is 53.1 Å².